The van der Waals surface area contributed by atoms with Crippen molar-refractivity contribution in [3.8, 4) is 5.95 Å². The molecular formula is C10H12N6O2. The van der Waals surface area contributed by atoms with E-state index in [1.165, 1.54) is 17.1 Å². The molecule has 0 unspecified atom stereocenters. The fourth-order valence-electron chi connectivity index (χ4n) is 1.39. The van der Waals surface area contributed by atoms with Gasteiger partial charge in [0.05, 0.1) is 4.92 Å². The van der Waals surface area contributed by atoms with Crippen molar-refractivity contribution < 1.29 is 4.92 Å². The minimum Gasteiger partial charge on any atom is -0.363 e. The van der Waals surface area contributed by atoms with E-state index in [0.29, 0.717) is 5.95 Å². The molecule has 0 saturated heterocycles. The van der Waals surface area contributed by atoms with Gasteiger partial charge < -0.3 is 4.90 Å². The molecule has 0 atom stereocenters. The van der Waals surface area contributed by atoms with Crippen LogP contribution in [0.5, 0.6) is 0 Å². The molecule has 0 aliphatic heterocycles. The molecule has 0 N–H and O–H groups in total. The lowest BCUT2D eigenvalue weighted by Crippen LogP contribution is -2.14. The molecular weight excluding hydrogens is 236 g/mol. The lowest BCUT2D eigenvalue weighted by molar-refractivity contribution is -0.384. The predicted molar refractivity (Wildman–Crippen MR) is 64.9 cm³/mol. The monoisotopic (exact) mass is 248 g/mol. The maximum Gasteiger partial charge on any atom is 0.307 e. The molecule has 2 aromatic rings. The Bertz CT molecular complexity index is 592. The first-order valence-electron chi connectivity index (χ1n) is 5.20. The maximum atomic E-state index is 10.6. The lowest BCUT2D eigenvalue weighted by Gasteiger charge is -2.12. The van der Waals surface area contributed by atoms with Gasteiger partial charge in [0, 0.05) is 25.9 Å². The Hall–Kier alpha value is -2.51. The van der Waals surface area contributed by atoms with Crippen molar-refractivity contribution >= 4 is 11.5 Å². The highest BCUT2D eigenvalue weighted by Gasteiger charge is 2.12. The van der Waals surface area contributed by atoms with E-state index < -0.39 is 4.92 Å². The average Bonchev–Trinajstić information content (AvgIpc) is 2.77. The summed E-state index contributed by atoms with van der Waals surface area (Å²) in [4.78, 5) is 20.4. The zero-order valence-corrected chi connectivity index (χ0v) is 10.2. The number of hydrogen-bond acceptors (Lipinski definition) is 6. The molecule has 2 aromatic heterocycles. The summed E-state index contributed by atoms with van der Waals surface area (Å²) in [6.45, 7) is 1.83. The van der Waals surface area contributed by atoms with E-state index in [1.807, 2.05) is 32.0 Å². The fraction of sp³-hybridized carbons (Fsp3) is 0.300. The number of aromatic nitrogens is 4. The lowest BCUT2D eigenvalue weighted by atomic mass is 10.4. The standard InChI is InChI=1S/C10H12N6O2/c1-7-4-9(14(2)3)13-10(12-7)15-6-8(5-11-15)16(17)18/h4-6H,1-3H3. The summed E-state index contributed by atoms with van der Waals surface area (Å²) < 4.78 is 1.29. The number of nitrogens with zero attached hydrogens (tertiary/aromatic N) is 6. The van der Waals surface area contributed by atoms with Crippen LogP contribution in [0.3, 0.4) is 0 Å². The maximum absolute atomic E-state index is 10.6. The minimum atomic E-state index is -0.508. The summed E-state index contributed by atoms with van der Waals surface area (Å²) in [5, 5.41) is 14.5. The van der Waals surface area contributed by atoms with E-state index >= 15 is 0 Å². The van der Waals surface area contributed by atoms with Crippen LogP contribution in [0.1, 0.15) is 5.69 Å². The van der Waals surface area contributed by atoms with Crippen molar-refractivity contribution in [2.75, 3.05) is 19.0 Å². The highest BCUT2D eigenvalue weighted by Crippen LogP contribution is 2.14. The summed E-state index contributed by atoms with van der Waals surface area (Å²) in [6, 6.07) is 1.82. The van der Waals surface area contributed by atoms with Gasteiger partial charge in [0.25, 0.3) is 5.95 Å². The molecule has 0 amide bonds. The molecule has 2 rings (SSSR count). The van der Waals surface area contributed by atoms with Crippen LogP contribution in [0, 0.1) is 17.0 Å². The molecule has 0 radical (unpaired) electrons. The number of anilines is 1. The van der Waals surface area contributed by atoms with Gasteiger partial charge in [-0.3, -0.25) is 10.1 Å². The van der Waals surface area contributed by atoms with E-state index in [4.69, 9.17) is 0 Å². The normalized spacial score (nSPS) is 10.4. The molecule has 94 valence electrons. The van der Waals surface area contributed by atoms with Crippen LogP contribution in [0.2, 0.25) is 0 Å². The Morgan fingerprint density at radius 3 is 2.67 bits per heavy atom. The zero-order valence-electron chi connectivity index (χ0n) is 10.2. The van der Waals surface area contributed by atoms with Crippen LogP contribution < -0.4 is 4.90 Å². The highest BCUT2D eigenvalue weighted by molar-refractivity contribution is 5.40. The number of rotatable bonds is 3. The van der Waals surface area contributed by atoms with Crippen LogP contribution in [0.15, 0.2) is 18.5 Å². The Morgan fingerprint density at radius 2 is 2.11 bits per heavy atom. The summed E-state index contributed by atoms with van der Waals surface area (Å²) in [5.74, 6) is 1.03. The van der Waals surface area contributed by atoms with Crippen molar-refractivity contribution in [2.45, 2.75) is 6.92 Å². The van der Waals surface area contributed by atoms with E-state index in [1.54, 1.807) is 0 Å². The van der Waals surface area contributed by atoms with Gasteiger partial charge in [-0.1, -0.05) is 0 Å². The molecule has 8 nitrogen and oxygen atoms in total. The molecule has 0 aromatic carbocycles. The van der Waals surface area contributed by atoms with Crippen molar-refractivity contribution in [1.82, 2.24) is 19.7 Å². The Morgan fingerprint density at radius 1 is 1.39 bits per heavy atom. The number of hydrogen-bond donors (Lipinski definition) is 0. The van der Waals surface area contributed by atoms with Crippen LogP contribution >= 0.6 is 0 Å². The second-order valence-electron chi connectivity index (χ2n) is 3.96. The summed E-state index contributed by atoms with van der Waals surface area (Å²) in [6.07, 6.45) is 2.45. The van der Waals surface area contributed by atoms with Gasteiger partial charge in [-0.2, -0.15) is 14.8 Å². The van der Waals surface area contributed by atoms with Gasteiger partial charge >= 0.3 is 5.69 Å². The molecule has 2 heterocycles. The number of aryl methyl sites for hydroxylation is 1. The summed E-state index contributed by atoms with van der Waals surface area (Å²) in [5.41, 5.74) is 0.674. The van der Waals surface area contributed by atoms with Crippen molar-refractivity contribution in [2.24, 2.45) is 0 Å². The van der Waals surface area contributed by atoms with E-state index in [0.717, 1.165) is 11.5 Å². The van der Waals surface area contributed by atoms with Crippen LogP contribution in [-0.4, -0.2) is 38.8 Å². The zero-order chi connectivity index (χ0) is 13.3. The molecule has 0 aliphatic rings. The van der Waals surface area contributed by atoms with Crippen molar-refractivity contribution in [3.05, 3.63) is 34.3 Å². The van der Waals surface area contributed by atoms with Crippen LogP contribution in [0.25, 0.3) is 5.95 Å². The van der Waals surface area contributed by atoms with E-state index in [2.05, 4.69) is 15.1 Å². The van der Waals surface area contributed by atoms with Gasteiger partial charge in [0.1, 0.15) is 18.2 Å². The first kappa shape index (κ1) is 12.0. The van der Waals surface area contributed by atoms with Crippen molar-refractivity contribution in [3.63, 3.8) is 0 Å². The van der Waals surface area contributed by atoms with E-state index in [9.17, 15) is 10.1 Å². The van der Waals surface area contributed by atoms with Gasteiger partial charge in [0.2, 0.25) is 0 Å². The first-order chi connectivity index (χ1) is 8.47. The Balaban J connectivity index is 2.46. The molecule has 8 heteroatoms. The third-order valence-corrected chi connectivity index (χ3v) is 2.27. The fourth-order valence-corrected chi connectivity index (χ4v) is 1.39. The summed E-state index contributed by atoms with van der Waals surface area (Å²) >= 11 is 0. The second-order valence-corrected chi connectivity index (χ2v) is 3.96. The Labute approximate surface area is 103 Å². The SMILES string of the molecule is Cc1cc(N(C)C)nc(-n2cc([N+](=O)[O-])cn2)n1. The third-order valence-electron chi connectivity index (χ3n) is 2.27. The van der Waals surface area contributed by atoms with Crippen LogP contribution in [-0.2, 0) is 0 Å². The molecule has 0 spiro atoms. The topological polar surface area (TPSA) is 90.0 Å². The molecule has 18 heavy (non-hydrogen) atoms. The molecule has 0 saturated carbocycles. The van der Waals surface area contributed by atoms with E-state index in [-0.39, 0.29) is 5.69 Å². The van der Waals surface area contributed by atoms with Crippen molar-refractivity contribution in [1.29, 1.82) is 0 Å². The minimum absolute atomic E-state index is 0.0912. The summed E-state index contributed by atoms with van der Waals surface area (Å²) in [7, 11) is 3.72. The van der Waals surface area contributed by atoms with Gasteiger partial charge in [-0.15, -0.1) is 0 Å². The van der Waals surface area contributed by atoms with Gasteiger partial charge in [0.15, 0.2) is 0 Å². The molecule has 0 aliphatic carbocycles. The highest BCUT2D eigenvalue weighted by atomic mass is 16.6. The Kier molecular flexibility index (Phi) is 2.92. The average molecular weight is 248 g/mol. The second kappa shape index (κ2) is 4.40. The molecule has 0 fully saturated rings. The largest absolute Gasteiger partial charge is 0.363 e. The van der Waals surface area contributed by atoms with Gasteiger partial charge in [-0.25, -0.2) is 4.98 Å². The number of nitro groups is 1. The smallest absolute Gasteiger partial charge is 0.307 e. The third kappa shape index (κ3) is 2.26. The van der Waals surface area contributed by atoms with Crippen LogP contribution in [0.4, 0.5) is 11.5 Å². The van der Waals surface area contributed by atoms with Gasteiger partial charge in [-0.05, 0) is 6.92 Å². The first-order valence-corrected chi connectivity index (χ1v) is 5.20. The quantitative estimate of drug-likeness (QED) is 0.593. The molecule has 0 bridgehead atoms. The predicted octanol–water partition coefficient (Wildman–Crippen LogP) is 0.945.